The van der Waals surface area contributed by atoms with Crippen molar-refractivity contribution in [3.63, 3.8) is 0 Å². The molecule has 2 amide bonds. The maximum atomic E-state index is 12.9. The first-order valence-corrected chi connectivity index (χ1v) is 10.9. The van der Waals surface area contributed by atoms with Crippen LogP contribution < -0.4 is 5.32 Å². The van der Waals surface area contributed by atoms with Gasteiger partial charge in [-0.25, -0.2) is 0 Å². The van der Waals surface area contributed by atoms with Crippen LogP contribution in [0.15, 0.2) is 42.5 Å². The van der Waals surface area contributed by atoms with E-state index in [1.807, 2.05) is 12.1 Å². The highest BCUT2D eigenvalue weighted by Gasteiger charge is 2.25. The quantitative estimate of drug-likeness (QED) is 0.601. The van der Waals surface area contributed by atoms with E-state index >= 15 is 0 Å². The lowest BCUT2D eigenvalue weighted by molar-refractivity contribution is -0.138. The highest BCUT2D eigenvalue weighted by Crippen LogP contribution is 2.28. The minimum atomic E-state index is -0.599. The molecule has 8 heteroatoms. The van der Waals surface area contributed by atoms with Gasteiger partial charge >= 0.3 is 0 Å². The number of amides is 2. The van der Waals surface area contributed by atoms with Gasteiger partial charge in [0.15, 0.2) is 0 Å². The summed E-state index contributed by atoms with van der Waals surface area (Å²) in [6.07, 6.45) is 0. The molecule has 0 aliphatic heterocycles. The second-order valence-corrected chi connectivity index (χ2v) is 8.37. The summed E-state index contributed by atoms with van der Waals surface area (Å²) in [6.45, 7) is 2.03. The van der Waals surface area contributed by atoms with Crippen LogP contribution in [-0.2, 0) is 21.9 Å². The van der Waals surface area contributed by atoms with E-state index in [1.165, 1.54) is 11.8 Å². The third kappa shape index (κ3) is 6.31. The van der Waals surface area contributed by atoms with Crippen molar-refractivity contribution in [3.05, 3.63) is 68.7 Å². The van der Waals surface area contributed by atoms with Crippen molar-refractivity contribution < 1.29 is 9.59 Å². The molecule has 2 aromatic rings. The number of benzene rings is 2. The zero-order chi connectivity index (χ0) is 20.7. The number of thioether (sulfide) groups is 1. The molecular weight excluding hydrogens is 439 g/mol. The van der Waals surface area contributed by atoms with Crippen LogP contribution in [0.25, 0.3) is 0 Å². The molecular formula is C20H21Cl3N2O2S. The SMILES string of the molecule is CNC(=O)[C@@H](C)N(Cc1ccc(Cl)cc1)C(=O)CSCc1c(Cl)cccc1Cl. The number of likely N-dealkylation sites (N-methyl/N-ethyl adjacent to an activating group) is 1. The highest BCUT2D eigenvalue weighted by molar-refractivity contribution is 7.99. The monoisotopic (exact) mass is 458 g/mol. The molecule has 0 aliphatic carbocycles. The maximum absolute atomic E-state index is 12.9. The fourth-order valence-corrected chi connectivity index (χ4v) is 4.34. The normalized spacial score (nSPS) is 11.8. The molecule has 2 rings (SSSR count). The van der Waals surface area contributed by atoms with Gasteiger partial charge in [0.2, 0.25) is 11.8 Å². The Balaban J connectivity index is 2.07. The number of nitrogens with zero attached hydrogens (tertiary/aromatic N) is 1. The Hall–Kier alpha value is -1.40. The number of halogens is 3. The van der Waals surface area contributed by atoms with E-state index in [4.69, 9.17) is 34.8 Å². The van der Waals surface area contributed by atoms with Crippen LogP contribution in [0.3, 0.4) is 0 Å². The average Bonchev–Trinajstić information content (AvgIpc) is 2.68. The van der Waals surface area contributed by atoms with Crippen LogP contribution in [0.4, 0.5) is 0 Å². The summed E-state index contributed by atoms with van der Waals surface area (Å²) in [5.74, 6) is 0.352. The first-order valence-electron chi connectivity index (χ1n) is 8.59. The fraction of sp³-hybridized carbons (Fsp3) is 0.300. The minimum Gasteiger partial charge on any atom is -0.357 e. The average molecular weight is 460 g/mol. The Morgan fingerprint density at radius 2 is 1.68 bits per heavy atom. The molecule has 0 unspecified atom stereocenters. The number of nitrogens with one attached hydrogen (secondary N) is 1. The van der Waals surface area contributed by atoms with Crippen LogP contribution in [-0.4, -0.2) is 35.6 Å². The molecule has 0 spiro atoms. The van der Waals surface area contributed by atoms with E-state index in [-0.39, 0.29) is 17.6 Å². The van der Waals surface area contributed by atoms with E-state index in [9.17, 15) is 9.59 Å². The van der Waals surface area contributed by atoms with Gasteiger partial charge in [-0.3, -0.25) is 9.59 Å². The van der Waals surface area contributed by atoms with Crippen LogP contribution in [0.5, 0.6) is 0 Å². The first kappa shape index (κ1) is 22.9. The van der Waals surface area contributed by atoms with Gasteiger partial charge in [0.25, 0.3) is 0 Å². The second kappa shape index (κ2) is 11.0. The van der Waals surface area contributed by atoms with E-state index in [0.717, 1.165) is 11.1 Å². The standard InChI is InChI=1S/C20H21Cl3N2O2S/c1-13(20(27)24-2)25(10-14-6-8-15(21)9-7-14)19(26)12-28-11-16-17(22)4-3-5-18(16)23/h3-9,13H,10-12H2,1-2H3,(H,24,27)/t13-/m1/s1. The summed E-state index contributed by atoms with van der Waals surface area (Å²) in [4.78, 5) is 26.5. The molecule has 1 atom stereocenters. The Labute approximate surface area is 184 Å². The molecule has 0 saturated heterocycles. The molecule has 0 saturated carbocycles. The predicted octanol–water partition coefficient (Wildman–Crippen LogP) is 5.04. The lowest BCUT2D eigenvalue weighted by atomic mass is 10.1. The molecule has 0 fully saturated rings. The molecule has 28 heavy (non-hydrogen) atoms. The van der Waals surface area contributed by atoms with Gasteiger partial charge in [-0.15, -0.1) is 11.8 Å². The number of rotatable bonds is 8. The molecule has 1 N–H and O–H groups in total. The van der Waals surface area contributed by atoms with Gasteiger partial charge in [-0.05, 0) is 42.3 Å². The zero-order valence-corrected chi connectivity index (χ0v) is 18.6. The van der Waals surface area contributed by atoms with Crippen molar-refractivity contribution in [2.75, 3.05) is 12.8 Å². The van der Waals surface area contributed by atoms with Crippen molar-refractivity contribution in [1.82, 2.24) is 10.2 Å². The summed E-state index contributed by atoms with van der Waals surface area (Å²) in [7, 11) is 1.55. The van der Waals surface area contributed by atoms with Crippen LogP contribution in [0.1, 0.15) is 18.1 Å². The van der Waals surface area contributed by atoms with Gasteiger partial charge in [-0.1, -0.05) is 53.0 Å². The topological polar surface area (TPSA) is 49.4 Å². The van der Waals surface area contributed by atoms with E-state index in [2.05, 4.69) is 5.32 Å². The Bertz CT molecular complexity index is 810. The zero-order valence-electron chi connectivity index (χ0n) is 15.5. The van der Waals surface area contributed by atoms with Crippen molar-refractivity contribution in [2.45, 2.75) is 25.3 Å². The maximum Gasteiger partial charge on any atom is 0.242 e. The predicted molar refractivity (Wildman–Crippen MR) is 118 cm³/mol. The molecule has 2 aromatic carbocycles. The van der Waals surface area contributed by atoms with Gasteiger partial charge in [-0.2, -0.15) is 0 Å². The summed E-state index contributed by atoms with van der Waals surface area (Å²) >= 11 is 19.7. The molecule has 0 radical (unpaired) electrons. The van der Waals surface area contributed by atoms with Gasteiger partial charge in [0, 0.05) is 34.4 Å². The lowest BCUT2D eigenvalue weighted by Gasteiger charge is -2.28. The fourth-order valence-electron chi connectivity index (χ4n) is 2.57. The van der Waals surface area contributed by atoms with Crippen molar-refractivity contribution in [3.8, 4) is 0 Å². The third-order valence-electron chi connectivity index (χ3n) is 4.21. The van der Waals surface area contributed by atoms with Crippen molar-refractivity contribution >= 4 is 58.4 Å². The van der Waals surface area contributed by atoms with Crippen LogP contribution in [0.2, 0.25) is 15.1 Å². The van der Waals surface area contributed by atoms with Crippen LogP contribution in [0, 0.1) is 0 Å². The molecule has 0 aromatic heterocycles. The van der Waals surface area contributed by atoms with Gasteiger partial charge in [0.1, 0.15) is 6.04 Å². The summed E-state index contributed by atoms with van der Waals surface area (Å²) < 4.78 is 0. The summed E-state index contributed by atoms with van der Waals surface area (Å²) in [5, 5.41) is 4.36. The number of carbonyl (C=O) groups is 2. The summed E-state index contributed by atoms with van der Waals surface area (Å²) in [6, 6.07) is 11.9. The largest absolute Gasteiger partial charge is 0.357 e. The third-order valence-corrected chi connectivity index (χ3v) is 6.12. The Morgan fingerprint density at radius 3 is 2.25 bits per heavy atom. The van der Waals surface area contributed by atoms with E-state index in [1.54, 1.807) is 49.2 Å². The Kier molecular flexibility index (Phi) is 8.96. The van der Waals surface area contributed by atoms with E-state index in [0.29, 0.717) is 27.4 Å². The van der Waals surface area contributed by atoms with Crippen molar-refractivity contribution in [1.29, 1.82) is 0 Å². The lowest BCUT2D eigenvalue weighted by Crippen LogP contribution is -2.47. The smallest absolute Gasteiger partial charge is 0.242 e. The number of hydrogen-bond donors (Lipinski definition) is 1. The van der Waals surface area contributed by atoms with Gasteiger partial charge in [0.05, 0.1) is 5.75 Å². The number of hydrogen-bond acceptors (Lipinski definition) is 3. The van der Waals surface area contributed by atoms with Crippen LogP contribution >= 0.6 is 46.6 Å². The summed E-state index contributed by atoms with van der Waals surface area (Å²) in [5.41, 5.74) is 1.69. The molecule has 0 bridgehead atoms. The second-order valence-electron chi connectivity index (χ2n) is 6.13. The minimum absolute atomic E-state index is 0.140. The first-order chi connectivity index (χ1) is 13.3. The highest BCUT2D eigenvalue weighted by atomic mass is 35.5. The van der Waals surface area contributed by atoms with Gasteiger partial charge < -0.3 is 10.2 Å². The molecule has 0 heterocycles. The molecule has 150 valence electrons. The Morgan fingerprint density at radius 1 is 1.07 bits per heavy atom. The number of carbonyl (C=O) groups excluding carboxylic acids is 2. The van der Waals surface area contributed by atoms with E-state index < -0.39 is 6.04 Å². The molecule has 0 aliphatic rings. The van der Waals surface area contributed by atoms with Crippen molar-refractivity contribution in [2.24, 2.45) is 0 Å². The molecule has 4 nitrogen and oxygen atoms in total.